The minimum absolute atomic E-state index is 0.211. The first-order chi connectivity index (χ1) is 10.0. The summed E-state index contributed by atoms with van der Waals surface area (Å²) in [6, 6.07) is 11.7. The molecule has 0 atom stereocenters. The van der Waals surface area contributed by atoms with Gasteiger partial charge in [0.05, 0.1) is 5.56 Å². The molecule has 0 spiro atoms. The lowest BCUT2D eigenvalue weighted by Gasteiger charge is -2.17. The Hall–Kier alpha value is -2.32. The van der Waals surface area contributed by atoms with Crippen LogP contribution in [0.4, 0.5) is 9.80 Å². The van der Waals surface area contributed by atoms with E-state index < -0.39 is 0 Å². The van der Waals surface area contributed by atoms with Crippen molar-refractivity contribution in [1.82, 2.24) is 4.90 Å². The van der Waals surface area contributed by atoms with E-state index >= 15 is 0 Å². The van der Waals surface area contributed by atoms with Gasteiger partial charge in [-0.3, -0.25) is 5.32 Å². The number of urea groups is 1. The smallest absolute Gasteiger partial charge is 0.322 e. The van der Waals surface area contributed by atoms with E-state index in [4.69, 9.17) is 0 Å². The van der Waals surface area contributed by atoms with Crippen LogP contribution in [-0.2, 0) is 6.54 Å². The maximum absolute atomic E-state index is 12.2. The predicted molar refractivity (Wildman–Crippen MR) is 85.4 cm³/mol. The summed E-state index contributed by atoms with van der Waals surface area (Å²) in [5, 5.41) is 12.6. The summed E-state index contributed by atoms with van der Waals surface area (Å²) in [6.45, 7) is 4.37. The van der Waals surface area contributed by atoms with E-state index in [1.807, 2.05) is 44.2 Å². The molecule has 2 rings (SSSR count). The van der Waals surface area contributed by atoms with Gasteiger partial charge in [0.1, 0.15) is 11.1 Å². The van der Waals surface area contributed by atoms with Crippen LogP contribution in [0.5, 0.6) is 0 Å². The zero-order chi connectivity index (χ0) is 15.4. The van der Waals surface area contributed by atoms with Crippen LogP contribution in [0, 0.1) is 25.2 Å². The number of thiophene rings is 1. The van der Waals surface area contributed by atoms with Gasteiger partial charge in [-0.2, -0.15) is 5.26 Å². The monoisotopic (exact) mass is 299 g/mol. The molecule has 1 N–H and O–H groups in total. The SMILES string of the molecule is Cc1sc(NC(=O)N(C)Cc2ccccc2)c(C#N)c1C. The number of nitriles is 1. The highest BCUT2D eigenvalue weighted by atomic mass is 32.1. The van der Waals surface area contributed by atoms with Crippen molar-refractivity contribution in [3.63, 3.8) is 0 Å². The van der Waals surface area contributed by atoms with E-state index in [0.717, 1.165) is 16.0 Å². The lowest BCUT2D eigenvalue weighted by molar-refractivity contribution is 0.221. The number of carbonyl (C=O) groups excluding carboxylic acids is 1. The Labute approximate surface area is 128 Å². The van der Waals surface area contributed by atoms with Gasteiger partial charge >= 0.3 is 6.03 Å². The van der Waals surface area contributed by atoms with Gasteiger partial charge in [0.25, 0.3) is 0 Å². The van der Waals surface area contributed by atoms with Gasteiger partial charge in [-0.05, 0) is 25.0 Å². The molecular weight excluding hydrogens is 282 g/mol. The van der Waals surface area contributed by atoms with Crippen LogP contribution in [0.1, 0.15) is 21.6 Å². The first-order valence-corrected chi connectivity index (χ1v) is 7.40. The highest BCUT2D eigenvalue weighted by molar-refractivity contribution is 7.16. The summed E-state index contributed by atoms with van der Waals surface area (Å²) in [5.74, 6) is 0. The Bertz CT molecular complexity index is 686. The van der Waals surface area contributed by atoms with Gasteiger partial charge in [0, 0.05) is 18.5 Å². The minimum Gasteiger partial charge on any atom is -0.323 e. The molecule has 5 heteroatoms. The summed E-state index contributed by atoms with van der Waals surface area (Å²) in [7, 11) is 1.74. The molecule has 0 aliphatic carbocycles. The van der Waals surface area contributed by atoms with Crippen molar-refractivity contribution in [2.24, 2.45) is 0 Å². The zero-order valence-corrected chi connectivity index (χ0v) is 13.1. The average molecular weight is 299 g/mol. The highest BCUT2D eigenvalue weighted by Gasteiger charge is 2.16. The number of hydrogen-bond donors (Lipinski definition) is 1. The van der Waals surface area contributed by atoms with Crippen LogP contribution < -0.4 is 5.32 Å². The van der Waals surface area contributed by atoms with E-state index in [0.29, 0.717) is 17.1 Å². The van der Waals surface area contributed by atoms with E-state index in [2.05, 4.69) is 11.4 Å². The molecule has 1 aromatic carbocycles. The quantitative estimate of drug-likeness (QED) is 0.934. The Morgan fingerprint density at radius 2 is 2.00 bits per heavy atom. The van der Waals surface area contributed by atoms with Crippen molar-refractivity contribution >= 4 is 22.4 Å². The Kier molecular flexibility index (Phi) is 4.61. The molecular formula is C16H17N3OS. The van der Waals surface area contributed by atoms with Gasteiger partial charge in [-0.1, -0.05) is 30.3 Å². The summed E-state index contributed by atoms with van der Waals surface area (Å²) >= 11 is 1.44. The second-order valence-electron chi connectivity index (χ2n) is 4.87. The van der Waals surface area contributed by atoms with E-state index in [9.17, 15) is 10.1 Å². The largest absolute Gasteiger partial charge is 0.323 e. The summed E-state index contributed by atoms with van der Waals surface area (Å²) in [6.07, 6.45) is 0. The molecule has 0 aliphatic heterocycles. The highest BCUT2D eigenvalue weighted by Crippen LogP contribution is 2.31. The molecule has 21 heavy (non-hydrogen) atoms. The molecule has 1 heterocycles. The van der Waals surface area contributed by atoms with Gasteiger partial charge in [-0.25, -0.2) is 4.79 Å². The molecule has 0 bridgehead atoms. The fourth-order valence-electron chi connectivity index (χ4n) is 1.97. The second kappa shape index (κ2) is 6.42. The van der Waals surface area contributed by atoms with Crippen molar-refractivity contribution in [3.05, 3.63) is 51.9 Å². The van der Waals surface area contributed by atoms with Gasteiger partial charge in [0.2, 0.25) is 0 Å². The number of carbonyl (C=O) groups is 1. The van der Waals surface area contributed by atoms with Crippen molar-refractivity contribution in [2.75, 3.05) is 12.4 Å². The molecule has 0 saturated heterocycles. The molecule has 0 fully saturated rings. The molecule has 2 aromatic rings. The Balaban J connectivity index is 2.08. The molecule has 4 nitrogen and oxygen atoms in total. The maximum Gasteiger partial charge on any atom is 0.322 e. The number of hydrogen-bond acceptors (Lipinski definition) is 3. The minimum atomic E-state index is -0.211. The number of amides is 2. The first kappa shape index (κ1) is 15.1. The second-order valence-corrected chi connectivity index (χ2v) is 6.10. The maximum atomic E-state index is 12.2. The molecule has 0 radical (unpaired) electrons. The van der Waals surface area contributed by atoms with Crippen LogP contribution in [0.3, 0.4) is 0 Å². The Morgan fingerprint density at radius 1 is 1.33 bits per heavy atom. The number of nitrogens with one attached hydrogen (secondary N) is 1. The Morgan fingerprint density at radius 3 is 2.62 bits per heavy atom. The van der Waals surface area contributed by atoms with E-state index in [1.54, 1.807) is 11.9 Å². The van der Waals surface area contributed by atoms with Crippen LogP contribution in [0.2, 0.25) is 0 Å². The topological polar surface area (TPSA) is 56.1 Å². The lowest BCUT2D eigenvalue weighted by atomic mass is 10.2. The van der Waals surface area contributed by atoms with Crippen molar-refractivity contribution in [2.45, 2.75) is 20.4 Å². The number of benzene rings is 1. The first-order valence-electron chi connectivity index (χ1n) is 6.59. The summed E-state index contributed by atoms with van der Waals surface area (Å²) in [4.78, 5) is 14.9. The molecule has 0 unspecified atom stereocenters. The van der Waals surface area contributed by atoms with Gasteiger partial charge < -0.3 is 4.90 Å². The standard InChI is InChI=1S/C16H17N3OS/c1-11-12(2)21-15(14(11)9-17)18-16(20)19(3)10-13-7-5-4-6-8-13/h4-8H,10H2,1-3H3,(H,18,20). The van der Waals surface area contributed by atoms with Crippen LogP contribution in [0.25, 0.3) is 0 Å². The van der Waals surface area contributed by atoms with Crippen molar-refractivity contribution in [1.29, 1.82) is 5.26 Å². The molecule has 1 aromatic heterocycles. The number of anilines is 1. The van der Waals surface area contributed by atoms with Gasteiger partial charge in [0.15, 0.2) is 0 Å². The molecule has 2 amide bonds. The number of nitrogens with zero attached hydrogens (tertiary/aromatic N) is 2. The molecule has 0 aliphatic rings. The van der Waals surface area contributed by atoms with Crippen molar-refractivity contribution in [3.8, 4) is 6.07 Å². The summed E-state index contributed by atoms with van der Waals surface area (Å²) < 4.78 is 0. The predicted octanol–water partition coefficient (Wildman–Crippen LogP) is 3.90. The molecule has 0 saturated carbocycles. The van der Waals surface area contributed by atoms with E-state index in [1.165, 1.54) is 11.3 Å². The average Bonchev–Trinajstić information content (AvgIpc) is 2.74. The lowest BCUT2D eigenvalue weighted by Crippen LogP contribution is -2.30. The van der Waals surface area contributed by atoms with E-state index in [-0.39, 0.29) is 6.03 Å². The van der Waals surface area contributed by atoms with Crippen LogP contribution in [0.15, 0.2) is 30.3 Å². The normalized spacial score (nSPS) is 10.0. The van der Waals surface area contributed by atoms with Crippen LogP contribution >= 0.6 is 11.3 Å². The molecule has 108 valence electrons. The van der Waals surface area contributed by atoms with Crippen LogP contribution in [-0.4, -0.2) is 18.0 Å². The fourth-order valence-corrected chi connectivity index (χ4v) is 2.97. The summed E-state index contributed by atoms with van der Waals surface area (Å²) in [5.41, 5.74) is 2.55. The zero-order valence-electron chi connectivity index (χ0n) is 12.3. The van der Waals surface area contributed by atoms with Crippen molar-refractivity contribution < 1.29 is 4.79 Å². The number of rotatable bonds is 3. The third kappa shape index (κ3) is 3.41. The fraction of sp³-hybridized carbons (Fsp3) is 0.250. The van der Waals surface area contributed by atoms with Gasteiger partial charge in [-0.15, -0.1) is 11.3 Å². The number of aryl methyl sites for hydroxylation is 1. The third-order valence-corrected chi connectivity index (χ3v) is 4.45. The third-order valence-electron chi connectivity index (χ3n) is 3.33.